The molecule has 0 spiro atoms. The maximum atomic E-state index is 4.62. The monoisotopic (exact) mass is 304 g/mol. The van der Waals surface area contributed by atoms with Crippen molar-refractivity contribution in [3.8, 4) is 0 Å². The summed E-state index contributed by atoms with van der Waals surface area (Å²) in [6, 6.07) is 0.555. The first-order valence-corrected chi connectivity index (χ1v) is 8.42. The number of piperidine rings is 1. The molecular formula is C16H24N4S. The van der Waals surface area contributed by atoms with Gasteiger partial charge >= 0.3 is 0 Å². The van der Waals surface area contributed by atoms with Crippen LogP contribution in [-0.4, -0.2) is 48.1 Å². The van der Waals surface area contributed by atoms with Crippen molar-refractivity contribution in [3.63, 3.8) is 0 Å². The Morgan fingerprint density at radius 3 is 2.81 bits per heavy atom. The van der Waals surface area contributed by atoms with Gasteiger partial charge in [0.05, 0.1) is 5.39 Å². The Morgan fingerprint density at radius 1 is 1.33 bits per heavy atom. The van der Waals surface area contributed by atoms with Gasteiger partial charge in [0.2, 0.25) is 0 Å². The lowest BCUT2D eigenvalue weighted by Gasteiger charge is -2.40. The molecule has 0 N–H and O–H groups in total. The second-order valence-electron chi connectivity index (χ2n) is 6.37. The number of aryl methyl sites for hydroxylation is 2. The van der Waals surface area contributed by atoms with E-state index in [1.807, 2.05) is 0 Å². The molecule has 2 aromatic rings. The highest BCUT2D eigenvalue weighted by atomic mass is 32.1. The van der Waals surface area contributed by atoms with E-state index in [1.54, 1.807) is 17.7 Å². The SMILES string of the molecule is Cc1sc2ncnc(N(C)[C@H]3CCN(C)C[C@H]3C)c2c1C. The molecule has 0 aliphatic carbocycles. The normalized spacial score (nSPS) is 23.7. The largest absolute Gasteiger partial charge is 0.356 e. The summed E-state index contributed by atoms with van der Waals surface area (Å²) >= 11 is 1.77. The zero-order valence-corrected chi connectivity index (χ0v) is 14.4. The van der Waals surface area contributed by atoms with Crippen LogP contribution in [-0.2, 0) is 0 Å². The first-order chi connectivity index (χ1) is 9.99. The zero-order valence-electron chi connectivity index (χ0n) is 13.6. The molecule has 5 heteroatoms. The molecule has 0 amide bonds. The zero-order chi connectivity index (χ0) is 15.1. The topological polar surface area (TPSA) is 32.3 Å². The molecule has 2 aromatic heterocycles. The summed E-state index contributed by atoms with van der Waals surface area (Å²) in [5.74, 6) is 1.75. The van der Waals surface area contributed by atoms with E-state index in [0.29, 0.717) is 12.0 Å². The lowest BCUT2D eigenvalue weighted by atomic mass is 9.93. The number of thiophene rings is 1. The predicted octanol–water partition coefficient (Wildman–Crippen LogP) is 3.08. The van der Waals surface area contributed by atoms with Crippen molar-refractivity contribution in [2.45, 2.75) is 33.2 Å². The van der Waals surface area contributed by atoms with Gasteiger partial charge in [-0.05, 0) is 45.3 Å². The number of hydrogen-bond acceptors (Lipinski definition) is 5. The van der Waals surface area contributed by atoms with Gasteiger partial charge in [-0.1, -0.05) is 6.92 Å². The van der Waals surface area contributed by atoms with Crippen LogP contribution in [0.15, 0.2) is 6.33 Å². The summed E-state index contributed by atoms with van der Waals surface area (Å²) in [6.45, 7) is 9.03. The Kier molecular flexibility index (Phi) is 3.88. The minimum atomic E-state index is 0.555. The summed E-state index contributed by atoms with van der Waals surface area (Å²) in [4.78, 5) is 16.3. The molecule has 0 radical (unpaired) electrons. The van der Waals surface area contributed by atoms with Crippen LogP contribution < -0.4 is 4.90 Å². The van der Waals surface area contributed by atoms with E-state index in [0.717, 1.165) is 23.7 Å². The molecule has 1 aliphatic heterocycles. The first kappa shape index (κ1) is 14.7. The van der Waals surface area contributed by atoms with Crippen LogP contribution in [0.1, 0.15) is 23.8 Å². The van der Waals surface area contributed by atoms with Gasteiger partial charge in [0.15, 0.2) is 0 Å². The summed E-state index contributed by atoms with van der Waals surface area (Å²) < 4.78 is 0. The third kappa shape index (κ3) is 2.53. The van der Waals surface area contributed by atoms with Gasteiger partial charge in [0, 0.05) is 24.5 Å². The fraction of sp³-hybridized carbons (Fsp3) is 0.625. The Morgan fingerprint density at radius 2 is 2.10 bits per heavy atom. The molecule has 21 heavy (non-hydrogen) atoms. The van der Waals surface area contributed by atoms with Crippen molar-refractivity contribution in [2.24, 2.45) is 5.92 Å². The minimum absolute atomic E-state index is 0.555. The van der Waals surface area contributed by atoms with E-state index < -0.39 is 0 Å². The van der Waals surface area contributed by atoms with Crippen molar-refractivity contribution >= 4 is 27.4 Å². The van der Waals surface area contributed by atoms with Crippen molar-refractivity contribution < 1.29 is 0 Å². The van der Waals surface area contributed by atoms with Crippen LogP contribution >= 0.6 is 11.3 Å². The van der Waals surface area contributed by atoms with Crippen molar-refractivity contribution in [1.29, 1.82) is 0 Å². The van der Waals surface area contributed by atoms with E-state index in [9.17, 15) is 0 Å². The molecule has 1 saturated heterocycles. The van der Waals surface area contributed by atoms with Crippen LogP contribution in [0.5, 0.6) is 0 Å². The van der Waals surface area contributed by atoms with Crippen molar-refractivity contribution in [1.82, 2.24) is 14.9 Å². The highest BCUT2D eigenvalue weighted by molar-refractivity contribution is 7.18. The van der Waals surface area contributed by atoms with Gasteiger partial charge in [0.25, 0.3) is 0 Å². The minimum Gasteiger partial charge on any atom is -0.356 e. The molecule has 0 unspecified atom stereocenters. The van der Waals surface area contributed by atoms with Gasteiger partial charge in [-0.25, -0.2) is 9.97 Å². The Balaban J connectivity index is 2.00. The summed E-state index contributed by atoms with van der Waals surface area (Å²) in [5.41, 5.74) is 1.33. The summed E-state index contributed by atoms with van der Waals surface area (Å²) in [6.07, 6.45) is 2.91. The Labute approximate surface area is 130 Å². The number of aromatic nitrogens is 2. The number of hydrogen-bond donors (Lipinski definition) is 0. The molecule has 1 aliphatic rings. The number of anilines is 1. The molecular weight excluding hydrogens is 280 g/mol. The highest BCUT2D eigenvalue weighted by Crippen LogP contribution is 2.35. The standard InChI is InChI=1S/C16H24N4S/c1-10-8-19(4)7-6-13(10)20(5)15-14-11(2)12(3)21-16(14)18-9-17-15/h9-10,13H,6-8H2,1-5H3/t10-,13+/m1/s1. The van der Waals surface area contributed by atoms with Gasteiger partial charge < -0.3 is 9.80 Å². The van der Waals surface area contributed by atoms with E-state index in [2.05, 4.69) is 54.6 Å². The fourth-order valence-electron chi connectivity index (χ4n) is 3.51. The third-order valence-electron chi connectivity index (χ3n) is 4.84. The number of fused-ring (bicyclic) bond motifs is 1. The number of likely N-dealkylation sites (tertiary alicyclic amines) is 1. The molecule has 3 rings (SSSR count). The summed E-state index contributed by atoms with van der Waals surface area (Å²) in [5, 5.41) is 1.24. The maximum absolute atomic E-state index is 4.62. The number of nitrogens with zero attached hydrogens (tertiary/aromatic N) is 4. The lowest BCUT2D eigenvalue weighted by Crippen LogP contribution is -2.48. The van der Waals surface area contributed by atoms with Crippen molar-refractivity contribution in [3.05, 3.63) is 16.8 Å². The van der Waals surface area contributed by atoms with Gasteiger partial charge in [-0.15, -0.1) is 11.3 Å². The van der Waals surface area contributed by atoms with Crippen LogP contribution in [0.3, 0.4) is 0 Å². The second-order valence-corrected chi connectivity index (χ2v) is 7.57. The average molecular weight is 304 g/mol. The van der Waals surface area contributed by atoms with E-state index in [-0.39, 0.29) is 0 Å². The molecule has 4 nitrogen and oxygen atoms in total. The van der Waals surface area contributed by atoms with Crippen LogP contribution in [0.2, 0.25) is 0 Å². The lowest BCUT2D eigenvalue weighted by molar-refractivity contribution is 0.193. The Hall–Kier alpha value is -1.20. The van der Waals surface area contributed by atoms with Gasteiger partial charge in [0.1, 0.15) is 17.0 Å². The number of rotatable bonds is 2. The Bertz CT molecular complexity index is 651. The second kappa shape index (κ2) is 5.54. The van der Waals surface area contributed by atoms with E-state index >= 15 is 0 Å². The maximum Gasteiger partial charge on any atom is 0.141 e. The quantitative estimate of drug-likeness (QED) is 0.853. The van der Waals surface area contributed by atoms with E-state index in [1.165, 1.54) is 22.2 Å². The third-order valence-corrected chi connectivity index (χ3v) is 5.96. The van der Waals surface area contributed by atoms with Crippen molar-refractivity contribution in [2.75, 3.05) is 32.1 Å². The molecule has 2 atom stereocenters. The molecule has 114 valence electrons. The summed E-state index contributed by atoms with van der Waals surface area (Å²) in [7, 11) is 4.41. The molecule has 3 heterocycles. The predicted molar refractivity (Wildman–Crippen MR) is 90.4 cm³/mol. The molecule has 1 fully saturated rings. The fourth-order valence-corrected chi connectivity index (χ4v) is 4.50. The smallest absolute Gasteiger partial charge is 0.141 e. The van der Waals surface area contributed by atoms with Crippen LogP contribution in [0, 0.1) is 19.8 Å². The van der Waals surface area contributed by atoms with Crippen LogP contribution in [0.25, 0.3) is 10.2 Å². The van der Waals surface area contributed by atoms with E-state index in [4.69, 9.17) is 0 Å². The molecule has 0 bridgehead atoms. The van der Waals surface area contributed by atoms with Crippen LogP contribution in [0.4, 0.5) is 5.82 Å². The first-order valence-electron chi connectivity index (χ1n) is 7.61. The van der Waals surface area contributed by atoms with Gasteiger partial charge in [-0.3, -0.25) is 0 Å². The molecule has 0 saturated carbocycles. The average Bonchev–Trinajstić information content (AvgIpc) is 2.73. The van der Waals surface area contributed by atoms with Gasteiger partial charge in [-0.2, -0.15) is 0 Å². The highest BCUT2D eigenvalue weighted by Gasteiger charge is 2.29. The molecule has 0 aromatic carbocycles.